The molecule has 2 N–H and O–H groups in total. The van der Waals surface area contributed by atoms with E-state index in [0.717, 1.165) is 40.8 Å². The van der Waals surface area contributed by atoms with Crippen LogP contribution >= 0.6 is 11.3 Å². The zero-order chi connectivity index (χ0) is 20.4. The van der Waals surface area contributed by atoms with Crippen LogP contribution in [0.2, 0.25) is 0 Å². The molecular formula is C19H23N3O5S. The largest absolute Gasteiger partial charge is 0.480 e. The Kier molecular flexibility index (Phi) is 5.83. The Balaban J connectivity index is 1.93. The van der Waals surface area contributed by atoms with Crippen LogP contribution in [0.25, 0.3) is 0 Å². The zero-order valence-electron chi connectivity index (χ0n) is 16.0. The standard InChI is InChI=1S/C19H23N3O5S/c1-10(2)27-19(26)15-12-6-4-5-7-14(12)28-17(15)21-16(23)13-8-9-20-22(13)11(3)18(24)25/h8-11H,4-7H2,1-3H3,(H,21,23)(H,24,25). The molecule has 0 aromatic carbocycles. The van der Waals surface area contributed by atoms with Crippen LogP contribution in [0, 0.1) is 0 Å². The Morgan fingerprint density at radius 3 is 2.64 bits per heavy atom. The molecule has 0 saturated carbocycles. The molecule has 1 aliphatic carbocycles. The summed E-state index contributed by atoms with van der Waals surface area (Å²) in [5.74, 6) is -2.05. The van der Waals surface area contributed by atoms with Crippen molar-refractivity contribution in [3.63, 3.8) is 0 Å². The molecule has 9 heteroatoms. The summed E-state index contributed by atoms with van der Waals surface area (Å²) < 4.78 is 6.54. The quantitative estimate of drug-likeness (QED) is 0.714. The van der Waals surface area contributed by atoms with Crippen LogP contribution in [-0.4, -0.2) is 38.8 Å². The van der Waals surface area contributed by atoms with Crippen LogP contribution in [0.15, 0.2) is 12.3 Å². The number of thiophene rings is 1. The van der Waals surface area contributed by atoms with Crippen molar-refractivity contribution in [2.75, 3.05) is 5.32 Å². The summed E-state index contributed by atoms with van der Waals surface area (Å²) in [4.78, 5) is 37.8. The summed E-state index contributed by atoms with van der Waals surface area (Å²) in [5.41, 5.74) is 1.48. The first-order valence-corrected chi connectivity index (χ1v) is 10.0. The minimum absolute atomic E-state index is 0.115. The van der Waals surface area contributed by atoms with Gasteiger partial charge in [-0.2, -0.15) is 5.10 Å². The minimum atomic E-state index is -1.09. The number of hydrogen-bond donors (Lipinski definition) is 2. The lowest BCUT2D eigenvalue weighted by Gasteiger charge is -2.14. The average Bonchev–Trinajstić information content (AvgIpc) is 3.24. The van der Waals surface area contributed by atoms with Gasteiger partial charge in [0.1, 0.15) is 16.7 Å². The molecule has 150 valence electrons. The number of carboxylic acid groups (broad SMARTS) is 1. The molecule has 0 bridgehead atoms. The summed E-state index contributed by atoms with van der Waals surface area (Å²) in [5, 5.41) is 16.4. The van der Waals surface area contributed by atoms with E-state index in [1.54, 1.807) is 13.8 Å². The molecule has 28 heavy (non-hydrogen) atoms. The van der Waals surface area contributed by atoms with Gasteiger partial charge in [-0.15, -0.1) is 11.3 Å². The predicted molar refractivity (Wildman–Crippen MR) is 104 cm³/mol. The molecule has 0 fully saturated rings. The minimum Gasteiger partial charge on any atom is -0.480 e. The lowest BCUT2D eigenvalue weighted by molar-refractivity contribution is -0.140. The smallest absolute Gasteiger partial charge is 0.341 e. The van der Waals surface area contributed by atoms with Crippen LogP contribution in [0.5, 0.6) is 0 Å². The number of carbonyl (C=O) groups excluding carboxylic acids is 2. The van der Waals surface area contributed by atoms with Gasteiger partial charge in [-0.25, -0.2) is 14.3 Å². The fourth-order valence-electron chi connectivity index (χ4n) is 3.22. The second-order valence-electron chi connectivity index (χ2n) is 7.00. The topological polar surface area (TPSA) is 111 Å². The van der Waals surface area contributed by atoms with Crippen LogP contribution in [-0.2, 0) is 22.4 Å². The van der Waals surface area contributed by atoms with E-state index >= 15 is 0 Å². The number of anilines is 1. The number of nitrogens with zero attached hydrogens (tertiary/aromatic N) is 2. The molecule has 1 atom stereocenters. The third-order valence-corrected chi connectivity index (χ3v) is 5.78. The highest BCUT2D eigenvalue weighted by molar-refractivity contribution is 7.17. The number of ether oxygens (including phenoxy) is 1. The number of fused-ring (bicyclic) bond motifs is 1. The molecule has 0 radical (unpaired) electrons. The van der Waals surface area contributed by atoms with Crippen molar-refractivity contribution in [1.29, 1.82) is 0 Å². The number of aromatic nitrogens is 2. The maximum atomic E-state index is 12.8. The van der Waals surface area contributed by atoms with Gasteiger partial charge >= 0.3 is 11.9 Å². The van der Waals surface area contributed by atoms with Gasteiger partial charge in [0, 0.05) is 11.1 Å². The number of aliphatic carboxylic acids is 1. The molecule has 2 aromatic rings. The van der Waals surface area contributed by atoms with Gasteiger partial charge in [-0.1, -0.05) is 0 Å². The number of aryl methyl sites for hydroxylation is 1. The summed E-state index contributed by atoms with van der Waals surface area (Å²) >= 11 is 1.38. The summed E-state index contributed by atoms with van der Waals surface area (Å²) in [6, 6.07) is 0.465. The number of nitrogens with one attached hydrogen (secondary N) is 1. The van der Waals surface area contributed by atoms with E-state index in [4.69, 9.17) is 4.74 Å². The monoisotopic (exact) mass is 405 g/mol. The number of hydrogen-bond acceptors (Lipinski definition) is 6. The van der Waals surface area contributed by atoms with Crippen LogP contribution in [0.1, 0.15) is 70.9 Å². The summed E-state index contributed by atoms with van der Waals surface area (Å²) in [7, 11) is 0. The summed E-state index contributed by atoms with van der Waals surface area (Å²) in [6.45, 7) is 5.00. The molecule has 0 aliphatic heterocycles. The van der Waals surface area contributed by atoms with Crippen molar-refractivity contribution in [1.82, 2.24) is 9.78 Å². The zero-order valence-corrected chi connectivity index (χ0v) is 16.8. The number of rotatable bonds is 6. The Bertz CT molecular complexity index is 915. The first-order valence-electron chi connectivity index (χ1n) is 9.22. The first kappa shape index (κ1) is 20.1. The van der Waals surface area contributed by atoms with Gasteiger partial charge in [0.2, 0.25) is 0 Å². The number of amides is 1. The van der Waals surface area contributed by atoms with Crippen molar-refractivity contribution >= 4 is 34.2 Å². The molecule has 1 unspecified atom stereocenters. The SMILES string of the molecule is CC(C)OC(=O)c1c(NC(=O)c2ccnn2C(C)C(=O)O)sc2c1CCCC2. The molecule has 1 aliphatic rings. The van der Waals surface area contributed by atoms with E-state index in [9.17, 15) is 19.5 Å². The predicted octanol–water partition coefficient (Wildman–Crippen LogP) is 3.29. The molecular weight excluding hydrogens is 382 g/mol. The molecule has 2 aromatic heterocycles. The van der Waals surface area contributed by atoms with E-state index in [1.807, 2.05) is 0 Å². The molecule has 3 rings (SSSR count). The van der Waals surface area contributed by atoms with Crippen molar-refractivity contribution in [3.05, 3.63) is 34.0 Å². The van der Waals surface area contributed by atoms with Gasteiger partial charge < -0.3 is 15.2 Å². The molecule has 8 nitrogen and oxygen atoms in total. The second-order valence-corrected chi connectivity index (χ2v) is 8.10. The maximum Gasteiger partial charge on any atom is 0.341 e. The van der Waals surface area contributed by atoms with Gasteiger partial charge in [0.15, 0.2) is 0 Å². The third kappa shape index (κ3) is 3.94. The molecule has 2 heterocycles. The van der Waals surface area contributed by atoms with Crippen LogP contribution < -0.4 is 5.32 Å². The molecule has 1 amide bonds. The molecule has 0 spiro atoms. The van der Waals surface area contributed by atoms with Crippen molar-refractivity contribution in [2.45, 2.75) is 58.6 Å². The van der Waals surface area contributed by atoms with Crippen molar-refractivity contribution in [3.8, 4) is 0 Å². The van der Waals surface area contributed by atoms with Gasteiger partial charge in [-0.05, 0) is 58.1 Å². The lowest BCUT2D eigenvalue weighted by atomic mass is 9.95. The fraction of sp³-hybridized carbons (Fsp3) is 0.474. The van der Waals surface area contributed by atoms with Crippen molar-refractivity contribution in [2.24, 2.45) is 0 Å². The number of carboxylic acids is 1. The Morgan fingerprint density at radius 1 is 1.25 bits per heavy atom. The Hall–Kier alpha value is -2.68. The maximum absolute atomic E-state index is 12.8. The van der Waals surface area contributed by atoms with E-state index < -0.39 is 23.9 Å². The average molecular weight is 405 g/mol. The fourth-order valence-corrected chi connectivity index (χ4v) is 4.49. The highest BCUT2D eigenvalue weighted by Crippen LogP contribution is 2.39. The van der Waals surface area contributed by atoms with Gasteiger partial charge in [0.05, 0.1) is 11.7 Å². The highest BCUT2D eigenvalue weighted by atomic mass is 32.1. The van der Waals surface area contributed by atoms with E-state index in [1.165, 1.54) is 30.5 Å². The van der Waals surface area contributed by atoms with Crippen molar-refractivity contribution < 1.29 is 24.2 Å². The number of esters is 1. The Morgan fingerprint density at radius 2 is 1.96 bits per heavy atom. The van der Waals surface area contributed by atoms with Gasteiger partial charge in [-0.3, -0.25) is 4.79 Å². The van der Waals surface area contributed by atoms with E-state index in [2.05, 4.69) is 10.4 Å². The van der Waals surface area contributed by atoms with Gasteiger partial charge in [0.25, 0.3) is 5.91 Å². The third-order valence-electron chi connectivity index (χ3n) is 4.57. The summed E-state index contributed by atoms with van der Waals surface area (Å²) in [6.07, 6.45) is 4.78. The first-order chi connectivity index (χ1) is 13.3. The molecule has 0 saturated heterocycles. The van der Waals surface area contributed by atoms with E-state index in [-0.39, 0.29) is 11.8 Å². The Labute approximate surface area is 166 Å². The second kappa shape index (κ2) is 8.14. The van der Waals surface area contributed by atoms with Crippen LogP contribution in [0.3, 0.4) is 0 Å². The van der Waals surface area contributed by atoms with E-state index in [0.29, 0.717) is 10.6 Å². The number of carbonyl (C=O) groups is 3. The highest BCUT2D eigenvalue weighted by Gasteiger charge is 2.29. The van der Waals surface area contributed by atoms with Crippen LogP contribution in [0.4, 0.5) is 5.00 Å². The normalized spacial score (nSPS) is 14.4. The lowest BCUT2D eigenvalue weighted by Crippen LogP contribution is -2.24.